The molecule has 110 valence electrons. The number of hydrogen-bond acceptors (Lipinski definition) is 5. The Bertz CT molecular complexity index is 902. The van der Waals surface area contributed by atoms with E-state index in [9.17, 15) is 14.4 Å². The second kappa shape index (κ2) is 5.78. The Kier molecular flexibility index (Phi) is 3.67. The smallest absolute Gasteiger partial charge is 0.267 e. The molecule has 0 fully saturated rings. The lowest BCUT2D eigenvalue weighted by atomic mass is 10.1. The van der Waals surface area contributed by atoms with Gasteiger partial charge in [-0.05, 0) is 17.5 Å². The van der Waals surface area contributed by atoms with E-state index in [0.717, 1.165) is 0 Å². The molecule has 0 aliphatic rings. The van der Waals surface area contributed by atoms with E-state index in [4.69, 9.17) is 0 Å². The number of carbonyl (C=O) groups excluding carboxylic acids is 2. The van der Waals surface area contributed by atoms with Crippen LogP contribution in [0.2, 0.25) is 0 Å². The third kappa shape index (κ3) is 2.59. The van der Waals surface area contributed by atoms with Gasteiger partial charge in [-0.15, -0.1) is 0 Å². The summed E-state index contributed by atoms with van der Waals surface area (Å²) in [5.41, 5.74) is 4.68. The van der Waals surface area contributed by atoms with E-state index < -0.39 is 11.8 Å². The summed E-state index contributed by atoms with van der Waals surface area (Å²) in [6, 6.07) is 8.24. The number of benzene rings is 1. The summed E-state index contributed by atoms with van der Waals surface area (Å²) in [5, 5.41) is 10.2. The summed E-state index contributed by atoms with van der Waals surface area (Å²) in [7, 11) is 0. The molecule has 0 atom stereocenters. The number of thiophene rings is 1. The number of rotatable bonds is 2. The van der Waals surface area contributed by atoms with Crippen molar-refractivity contribution in [2.24, 2.45) is 0 Å². The van der Waals surface area contributed by atoms with Crippen LogP contribution < -0.4 is 16.4 Å². The van der Waals surface area contributed by atoms with E-state index in [1.54, 1.807) is 41.1 Å². The molecule has 1 aromatic carbocycles. The fraction of sp³-hybridized carbons (Fsp3) is 0. The number of hydrazine groups is 1. The molecule has 0 spiro atoms. The van der Waals surface area contributed by atoms with Gasteiger partial charge in [0.05, 0.1) is 10.9 Å². The Morgan fingerprint density at radius 3 is 2.50 bits per heavy atom. The van der Waals surface area contributed by atoms with Crippen molar-refractivity contribution >= 4 is 33.9 Å². The third-order valence-corrected chi connectivity index (χ3v) is 3.67. The molecular formula is C14H10N4O3S. The number of nitrogens with one attached hydrogen (secondary N) is 3. The van der Waals surface area contributed by atoms with Gasteiger partial charge in [0.2, 0.25) is 0 Å². The minimum absolute atomic E-state index is 0.0285. The molecule has 3 N–H and O–H groups in total. The highest BCUT2D eigenvalue weighted by Gasteiger charge is 2.15. The first kappa shape index (κ1) is 14.0. The molecule has 0 aliphatic heterocycles. The number of fused-ring (bicyclic) bond motifs is 1. The molecule has 0 saturated heterocycles. The first-order valence-electron chi connectivity index (χ1n) is 6.27. The first-order valence-corrected chi connectivity index (χ1v) is 7.21. The zero-order valence-corrected chi connectivity index (χ0v) is 11.9. The fourth-order valence-electron chi connectivity index (χ4n) is 1.93. The summed E-state index contributed by atoms with van der Waals surface area (Å²) in [5.74, 6) is -1.04. The van der Waals surface area contributed by atoms with Crippen LogP contribution in [0.4, 0.5) is 0 Å². The number of amides is 2. The molecule has 2 amide bonds. The first-order chi connectivity index (χ1) is 10.7. The molecule has 0 aliphatic carbocycles. The monoisotopic (exact) mass is 314 g/mol. The van der Waals surface area contributed by atoms with Crippen LogP contribution in [0.5, 0.6) is 0 Å². The molecule has 3 rings (SSSR count). The summed E-state index contributed by atoms with van der Waals surface area (Å²) < 4.78 is 0. The van der Waals surface area contributed by atoms with E-state index >= 15 is 0 Å². The normalized spacial score (nSPS) is 10.4. The van der Waals surface area contributed by atoms with Crippen LogP contribution in [0.1, 0.15) is 20.8 Å². The van der Waals surface area contributed by atoms with Crippen LogP contribution >= 0.6 is 11.3 Å². The molecule has 2 heterocycles. The van der Waals surface area contributed by atoms with Crippen molar-refractivity contribution in [3.05, 3.63) is 62.7 Å². The van der Waals surface area contributed by atoms with Crippen LogP contribution in [0.3, 0.4) is 0 Å². The Balaban J connectivity index is 1.83. The Labute approximate surface area is 128 Å². The fourth-order valence-corrected chi connectivity index (χ4v) is 2.56. The second-order valence-electron chi connectivity index (χ2n) is 4.37. The lowest BCUT2D eigenvalue weighted by molar-refractivity contribution is 0.0844. The standard InChI is InChI=1S/C14H10N4O3S/c19-12(8-5-6-22-7-8)16-18-14(21)11-9-3-1-2-4-10(9)13(20)17-15-11/h1-7H,(H,16,19)(H,17,20)(H,18,21). The number of aromatic amines is 1. The van der Waals surface area contributed by atoms with Crippen molar-refractivity contribution in [2.45, 2.75) is 0 Å². The van der Waals surface area contributed by atoms with Gasteiger partial charge in [0.25, 0.3) is 17.4 Å². The number of H-pyrrole nitrogens is 1. The molecule has 2 aromatic heterocycles. The van der Waals surface area contributed by atoms with Crippen molar-refractivity contribution in [3.63, 3.8) is 0 Å². The van der Waals surface area contributed by atoms with Gasteiger partial charge in [-0.3, -0.25) is 25.2 Å². The molecule has 3 aromatic rings. The maximum absolute atomic E-state index is 12.1. The van der Waals surface area contributed by atoms with Gasteiger partial charge >= 0.3 is 0 Å². The largest absolute Gasteiger partial charge is 0.290 e. The van der Waals surface area contributed by atoms with Gasteiger partial charge in [-0.1, -0.05) is 18.2 Å². The van der Waals surface area contributed by atoms with Gasteiger partial charge in [0, 0.05) is 10.8 Å². The highest BCUT2D eigenvalue weighted by atomic mass is 32.1. The van der Waals surface area contributed by atoms with E-state index in [2.05, 4.69) is 21.0 Å². The quantitative estimate of drug-likeness (QED) is 0.615. The number of carbonyl (C=O) groups is 2. The van der Waals surface area contributed by atoms with Crippen LogP contribution in [0.15, 0.2) is 45.9 Å². The molecule has 0 saturated carbocycles. The lowest BCUT2D eigenvalue weighted by Gasteiger charge is -2.07. The Hall–Kier alpha value is -3.00. The zero-order valence-electron chi connectivity index (χ0n) is 11.1. The average molecular weight is 314 g/mol. The van der Waals surface area contributed by atoms with Gasteiger partial charge in [0.1, 0.15) is 0 Å². The van der Waals surface area contributed by atoms with E-state index in [-0.39, 0.29) is 11.3 Å². The van der Waals surface area contributed by atoms with Crippen molar-refractivity contribution in [1.82, 2.24) is 21.0 Å². The molecule has 8 heteroatoms. The van der Waals surface area contributed by atoms with Gasteiger partial charge in [-0.2, -0.15) is 16.4 Å². The summed E-state index contributed by atoms with van der Waals surface area (Å²) in [6.45, 7) is 0. The van der Waals surface area contributed by atoms with E-state index in [0.29, 0.717) is 16.3 Å². The maximum atomic E-state index is 12.1. The Morgan fingerprint density at radius 2 is 1.77 bits per heavy atom. The van der Waals surface area contributed by atoms with Crippen molar-refractivity contribution in [3.8, 4) is 0 Å². The van der Waals surface area contributed by atoms with Crippen LogP contribution in [0, 0.1) is 0 Å². The molecule has 0 radical (unpaired) electrons. The van der Waals surface area contributed by atoms with Gasteiger partial charge < -0.3 is 0 Å². The molecule has 7 nitrogen and oxygen atoms in total. The van der Waals surface area contributed by atoms with Gasteiger partial charge in [0.15, 0.2) is 5.69 Å². The maximum Gasteiger partial charge on any atom is 0.290 e. The number of aromatic nitrogens is 2. The zero-order chi connectivity index (χ0) is 15.5. The lowest BCUT2D eigenvalue weighted by Crippen LogP contribution is -2.42. The predicted molar refractivity (Wildman–Crippen MR) is 81.6 cm³/mol. The van der Waals surface area contributed by atoms with Crippen LogP contribution in [-0.4, -0.2) is 22.0 Å². The van der Waals surface area contributed by atoms with Crippen molar-refractivity contribution < 1.29 is 9.59 Å². The molecular weight excluding hydrogens is 304 g/mol. The third-order valence-electron chi connectivity index (χ3n) is 2.98. The predicted octanol–water partition coefficient (Wildman–Crippen LogP) is 1.06. The van der Waals surface area contributed by atoms with E-state index in [1.165, 1.54) is 11.3 Å². The number of hydrogen-bond donors (Lipinski definition) is 3. The second-order valence-corrected chi connectivity index (χ2v) is 5.15. The topological polar surface area (TPSA) is 104 Å². The van der Waals surface area contributed by atoms with Crippen molar-refractivity contribution in [2.75, 3.05) is 0 Å². The Morgan fingerprint density at radius 1 is 1.05 bits per heavy atom. The van der Waals surface area contributed by atoms with E-state index in [1.807, 2.05) is 0 Å². The number of nitrogens with zero attached hydrogens (tertiary/aromatic N) is 1. The van der Waals surface area contributed by atoms with Crippen LogP contribution in [0.25, 0.3) is 10.8 Å². The summed E-state index contributed by atoms with van der Waals surface area (Å²) in [6.07, 6.45) is 0. The average Bonchev–Trinajstić information content (AvgIpc) is 3.07. The SMILES string of the molecule is O=C(NNC(=O)c1n[nH]c(=O)c2ccccc12)c1ccsc1. The highest BCUT2D eigenvalue weighted by molar-refractivity contribution is 7.08. The molecule has 0 unspecified atom stereocenters. The minimum Gasteiger partial charge on any atom is -0.267 e. The summed E-state index contributed by atoms with van der Waals surface area (Å²) >= 11 is 1.38. The van der Waals surface area contributed by atoms with Crippen molar-refractivity contribution in [1.29, 1.82) is 0 Å². The molecule has 0 bridgehead atoms. The summed E-state index contributed by atoms with van der Waals surface area (Å²) in [4.78, 5) is 35.6. The van der Waals surface area contributed by atoms with Crippen LogP contribution in [-0.2, 0) is 0 Å². The molecule has 22 heavy (non-hydrogen) atoms. The van der Waals surface area contributed by atoms with Gasteiger partial charge in [-0.25, -0.2) is 5.10 Å². The minimum atomic E-state index is -0.615. The highest BCUT2D eigenvalue weighted by Crippen LogP contribution is 2.12.